The number of hydrogen-bond donors (Lipinski definition) is 0. The standard InChI is InChI=1S/C63H73N2O2.Pt/c1-38-17-19-52-55-32-50(66-59-31-49(40(3)28-39(2)43(6)36-64)30-54(45(59)8)47-15-13-12-14-16-47)33-56(61(55)67-60(52)27-38)58-34-53(44(7)37-65-58)51-23-26-63(11,35-42(51)5)57-20-18-48(29-41(57)4)46-21-24-62(9,10)25-22-46;/h12-17,19,27-28,30,32,34,36-37,41-42,46,48,51,57H,18,20-26,29,35H2,1-11H3;/q-3;/b40-28+,43-39-;/i1D3,2D3,6D3,8D3,46D;. The van der Waals surface area contributed by atoms with Gasteiger partial charge in [-0.1, -0.05) is 154 Å². The molecule has 6 unspecified atom stereocenters. The average molecular weight is 1100 g/mol. The summed E-state index contributed by atoms with van der Waals surface area (Å²) in [5, 5.41) is 11.2. The van der Waals surface area contributed by atoms with Crippen LogP contribution < -0.4 is 4.74 Å². The summed E-state index contributed by atoms with van der Waals surface area (Å²) in [6.07, 6.45) is 14.1. The van der Waals surface area contributed by atoms with E-state index in [-0.39, 0.29) is 83.8 Å². The van der Waals surface area contributed by atoms with Crippen molar-refractivity contribution in [3.05, 3.63) is 136 Å². The summed E-state index contributed by atoms with van der Waals surface area (Å²) in [7, 11) is 0. The van der Waals surface area contributed by atoms with Crippen LogP contribution in [0.5, 0.6) is 11.5 Å². The van der Waals surface area contributed by atoms with Crippen LogP contribution in [-0.2, 0) is 21.1 Å². The summed E-state index contributed by atoms with van der Waals surface area (Å²) in [6.45, 7) is 4.41. The Morgan fingerprint density at radius 1 is 0.897 bits per heavy atom. The summed E-state index contributed by atoms with van der Waals surface area (Å²) in [5.74, 6) is 1.62. The first-order valence-electron chi connectivity index (χ1n) is 30.9. The molecular weight excluding hydrogens is 1010 g/mol. The maximum atomic E-state index is 10.1. The Balaban J connectivity index is 0.00000860. The number of nitrogens with zero attached hydrogens (tertiary/aromatic N) is 2. The van der Waals surface area contributed by atoms with Crippen molar-refractivity contribution < 1.29 is 48.0 Å². The van der Waals surface area contributed by atoms with Gasteiger partial charge in [0.25, 0.3) is 0 Å². The summed E-state index contributed by atoms with van der Waals surface area (Å²) >= 11 is 0. The van der Waals surface area contributed by atoms with Gasteiger partial charge in [0.15, 0.2) is 0 Å². The largest absolute Gasteiger partial charge is 0.810 e. The second-order valence-corrected chi connectivity index (χ2v) is 21.4. The summed E-state index contributed by atoms with van der Waals surface area (Å²) in [5.41, 5.74) is 3.79. The molecular formula is C63H73N2O2Pt-3. The van der Waals surface area contributed by atoms with Crippen molar-refractivity contribution in [1.82, 2.24) is 4.98 Å². The van der Waals surface area contributed by atoms with Gasteiger partial charge in [0.1, 0.15) is 5.58 Å². The van der Waals surface area contributed by atoms with E-state index in [4.69, 9.17) is 30.6 Å². The third-order valence-corrected chi connectivity index (χ3v) is 16.2. The average Bonchev–Trinajstić information content (AvgIpc) is 3.82. The van der Waals surface area contributed by atoms with Crippen LogP contribution in [0.4, 0.5) is 0 Å². The van der Waals surface area contributed by atoms with Crippen molar-refractivity contribution >= 4 is 33.7 Å². The van der Waals surface area contributed by atoms with Gasteiger partial charge in [-0.3, -0.25) is 0 Å². The summed E-state index contributed by atoms with van der Waals surface area (Å²) < 4.78 is 123. The van der Waals surface area contributed by atoms with E-state index in [0.717, 1.165) is 81.4 Å². The van der Waals surface area contributed by atoms with E-state index in [2.05, 4.69) is 59.7 Å². The first-order valence-corrected chi connectivity index (χ1v) is 24.4. The Hall–Kier alpha value is -4.53. The molecule has 3 aliphatic rings. The third kappa shape index (κ3) is 10.1. The molecule has 0 bridgehead atoms. The second-order valence-electron chi connectivity index (χ2n) is 21.4. The normalized spacial score (nSPS) is 29.0. The zero-order chi connectivity index (χ0) is 58.3. The molecule has 3 aliphatic carbocycles. The number of allylic oxidation sites excluding steroid dienone is 4. The fraction of sp³-hybridized carbons (Fsp3) is 0.460. The Morgan fingerprint density at radius 2 is 1.69 bits per heavy atom. The van der Waals surface area contributed by atoms with Crippen LogP contribution in [-0.4, -0.2) is 11.2 Å². The van der Waals surface area contributed by atoms with Crippen molar-refractivity contribution in [3.63, 3.8) is 0 Å². The molecule has 0 N–H and O–H groups in total. The minimum absolute atomic E-state index is 0. The van der Waals surface area contributed by atoms with E-state index in [1.807, 2.05) is 6.20 Å². The van der Waals surface area contributed by atoms with Crippen molar-refractivity contribution in [3.8, 4) is 33.9 Å². The van der Waals surface area contributed by atoms with Gasteiger partial charge < -0.3 is 19.5 Å². The van der Waals surface area contributed by atoms with E-state index >= 15 is 0 Å². The molecule has 2 heterocycles. The number of fused-ring (bicyclic) bond motifs is 3. The van der Waals surface area contributed by atoms with Crippen LogP contribution in [0.2, 0.25) is 0 Å². The maximum absolute atomic E-state index is 10.1. The molecule has 3 fully saturated rings. The SMILES string of the molecule is [2H]C([2H])([2H])/C(C=[N-])=C(/C=C(\C)c1[c-]c(Oc2[c-]c(-c3cc(C4CCC(C)(C5CCC(C6([2H])CCC(C)(C)CC6)CC5C)CC4C)c(C)cn3)c3oc4cc(C([2H])([2H])[2H])ccc4c3c2)c(C([2H])([2H])[2H])c(-c2ccccc2)c1)C([2H])([2H])[2H].[Pt]. The zero-order valence-electron chi connectivity index (χ0n) is 53.6. The molecule has 360 valence electrons. The molecule has 0 saturated heterocycles. The minimum Gasteiger partial charge on any atom is -0.810 e. The van der Waals surface area contributed by atoms with Crippen molar-refractivity contribution in [2.45, 2.75) is 146 Å². The number of ether oxygens (including phenoxy) is 1. The third-order valence-electron chi connectivity index (χ3n) is 16.2. The molecule has 6 atom stereocenters. The van der Waals surface area contributed by atoms with Gasteiger partial charge in [0, 0.05) is 62.0 Å². The Bertz CT molecular complexity index is 3380. The molecule has 0 radical (unpaired) electrons. The van der Waals surface area contributed by atoms with Crippen LogP contribution in [0.3, 0.4) is 0 Å². The second kappa shape index (κ2) is 20.1. The fourth-order valence-electron chi connectivity index (χ4n) is 12.4. The van der Waals surface area contributed by atoms with Crippen LogP contribution in [0.25, 0.3) is 55.3 Å². The fourth-order valence-corrected chi connectivity index (χ4v) is 12.4. The van der Waals surface area contributed by atoms with E-state index in [9.17, 15) is 6.78 Å². The molecule has 68 heavy (non-hydrogen) atoms. The van der Waals surface area contributed by atoms with Crippen molar-refractivity contribution in [1.29, 1.82) is 0 Å². The molecule has 4 aromatic carbocycles. The Kier molecular flexibility index (Phi) is 10.5. The number of aryl methyl sites for hydroxylation is 2. The van der Waals surface area contributed by atoms with Gasteiger partial charge in [0.05, 0.1) is 5.58 Å². The van der Waals surface area contributed by atoms with Gasteiger partial charge in [-0.2, -0.15) is 6.21 Å². The minimum atomic E-state index is -2.99. The number of pyridine rings is 1. The van der Waals surface area contributed by atoms with E-state index in [1.165, 1.54) is 19.1 Å². The Morgan fingerprint density at radius 3 is 2.40 bits per heavy atom. The van der Waals surface area contributed by atoms with Crippen LogP contribution >= 0.6 is 0 Å². The zero-order valence-corrected chi connectivity index (χ0v) is 42.8. The van der Waals surface area contributed by atoms with Gasteiger partial charge in [-0.15, -0.1) is 17.2 Å². The van der Waals surface area contributed by atoms with E-state index < -0.39 is 38.6 Å². The number of furan rings is 1. The number of rotatable bonds is 10. The number of aromatic nitrogens is 1. The molecule has 3 saturated carbocycles. The van der Waals surface area contributed by atoms with Crippen LogP contribution in [0, 0.1) is 73.2 Å². The molecule has 6 aromatic rings. The molecule has 0 amide bonds. The molecule has 9 rings (SSSR count). The van der Waals surface area contributed by atoms with Crippen molar-refractivity contribution in [2.75, 3.05) is 0 Å². The number of benzene rings is 4. The topological polar surface area (TPSA) is 57.6 Å². The van der Waals surface area contributed by atoms with Crippen LogP contribution in [0.15, 0.2) is 94.6 Å². The van der Waals surface area contributed by atoms with Gasteiger partial charge >= 0.3 is 0 Å². The molecule has 2 aromatic heterocycles. The van der Waals surface area contributed by atoms with Gasteiger partial charge in [-0.25, -0.2) is 0 Å². The quantitative estimate of drug-likeness (QED) is 0.0780. The molecule has 0 aliphatic heterocycles. The molecule has 5 heteroatoms. The van der Waals surface area contributed by atoms with Crippen LogP contribution in [0.1, 0.15) is 171 Å². The van der Waals surface area contributed by atoms with Gasteiger partial charge in [0.2, 0.25) is 0 Å². The number of hydrogen-bond acceptors (Lipinski definition) is 3. The molecule has 0 spiro atoms. The monoisotopic (exact) mass is 1100 g/mol. The first-order chi connectivity index (χ1) is 37.2. The summed E-state index contributed by atoms with van der Waals surface area (Å²) in [6, 6.07) is 25.2. The van der Waals surface area contributed by atoms with E-state index in [1.54, 1.807) is 48.5 Å². The van der Waals surface area contributed by atoms with E-state index in [0.29, 0.717) is 67.8 Å². The molecule has 4 nitrogen and oxygen atoms in total. The van der Waals surface area contributed by atoms with Crippen molar-refractivity contribution in [2.24, 2.45) is 40.4 Å². The first kappa shape index (κ1) is 35.5. The Labute approximate surface area is 440 Å². The maximum Gasteiger partial charge on any atom is 0.121 e. The predicted molar refractivity (Wildman–Crippen MR) is 282 cm³/mol. The summed E-state index contributed by atoms with van der Waals surface area (Å²) in [4.78, 5) is 4.99. The smallest absolute Gasteiger partial charge is 0.121 e. The van der Waals surface area contributed by atoms with Gasteiger partial charge in [-0.05, 0) is 172 Å². The predicted octanol–water partition coefficient (Wildman–Crippen LogP) is 18.2.